The lowest BCUT2D eigenvalue weighted by Crippen LogP contribution is -2.49. The van der Waals surface area contributed by atoms with Gasteiger partial charge >= 0.3 is 0 Å². The maximum absolute atomic E-state index is 12.4. The lowest BCUT2D eigenvalue weighted by molar-refractivity contribution is 0.168. The van der Waals surface area contributed by atoms with Gasteiger partial charge in [0.2, 0.25) is 0 Å². The van der Waals surface area contributed by atoms with Crippen molar-refractivity contribution >= 4 is 10.2 Å². The number of rotatable bonds is 7. The molecule has 2 rings (SSSR count). The first-order valence-electron chi connectivity index (χ1n) is 8.25. The molecule has 0 bridgehead atoms. The van der Waals surface area contributed by atoms with Crippen molar-refractivity contribution in [2.24, 2.45) is 0 Å². The Balaban J connectivity index is 1.81. The highest BCUT2D eigenvalue weighted by Gasteiger charge is 2.31. The van der Waals surface area contributed by atoms with Gasteiger partial charge in [0.15, 0.2) is 0 Å². The summed E-state index contributed by atoms with van der Waals surface area (Å²) in [6, 6.07) is 4.20. The van der Waals surface area contributed by atoms with Crippen LogP contribution < -0.4 is 0 Å². The summed E-state index contributed by atoms with van der Waals surface area (Å²) < 4.78 is 27.7. The lowest BCUT2D eigenvalue weighted by Gasteiger charge is -2.37. The monoisotopic (exact) mass is 340 g/mol. The van der Waals surface area contributed by atoms with Crippen molar-refractivity contribution in [3.63, 3.8) is 0 Å². The zero-order valence-corrected chi connectivity index (χ0v) is 15.2. The van der Waals surface area contributed by atoms with E-state index in [1.165, 1.54) is 9.87 Å². The molecule has 1 aliphatic rings. The third-order valence-electron chi connectivity index (χ3n) is 4.74. The Morgan fingerprint density at radius 2 is 1.83 bits per heavy atom. The molecule has 1 aliphatic heterocycles. The van der Waals surface area contributed by atoms with Crippen molar-refractivity contribution in [3.8, 4) is 0 Å². The van der Waals surface area contributed by atoms with E-state index in [4.69, 9.17) is 0 Å². The topological polar surface area (TPSA) is 56.8 Å². The first kappa shape index (κ1) is 18.3. The second-order valence-electron chi connectivity index (χ2n) is 6.12. The number of hydrogen-bond acceptors (Lipinski definition) is 4. The predicted octanol–water partition coefficient (Wildman–Crippen LogP) is 1.22. The number of aromatic nitrogens is 1. The molecule has 1 aromatic heterocycles. The minimum Gasteiger partial charge on any atom is -0.303 e. The molecule has 0 saturated carbocycles. The minimum atomic E-state index is -3.32. The third-order valence-corrected chi connectivity index (χ3v) is 6.81. The van der Waals surface area contributed by atoms with Crippen LogP contribution in [0.15, 0.2) is 24.5 Å². The SMILES string of the molecule is CCN(C)S(=O)(=O)N(C)C1CCN(CCc2ccncc2)CC1. The van der Waals surface area contributed by atoms with Crippen molar-refractivity contribution in [1.29, 1.82) is 0 Å². The van der Waals surface area contributed by atoms with Crippen LogP contribution in [0.3, 0.4) is 0 Å². The molecule has 0 unspecified atom stereocenters. The van der Waals surface area contributed by atoms with Crippen LogP contribution in [0.5, 0.6) is 0 Å². The Labute approximate surface area is 140 Å². The van der Waals surface area contributed by atoms with Crippen molar-refractivity contribution in [3.05, 3.63) is 30.1 Å². The van der Waals surface area contributed by atoms with Crippen LogP contribution >= 0.6 is 0 Å². The van der Waals surface area contributed by atoms with Crippen LogP contribution in [-0.4, -0.2) is 73.2 Å². The maximum atomic E-state index is 12.4. The molecule has 0 spiro atoms. The fourth-order valence-corrected chi connectivity index (χ4v) is 4.27. The molecule has 0 amide bonds. The molecule has 2 heterocycles. The molecular formula is C16H28N4O2S. The van der Waals surface area contributed by atoms with Gasteiger partial charge in [0.05, 0.1) is 0 Å². The molecule has 6 nitrogen and oxygen atoms in total. The van der Waals surface area contributed by atoms with Gasteiger partial charge in [0, 0.05) is 45.6 Å². The van der Waals surface area contributed by atoms with Gasteiger partial charge in [-0.25, -0.2) is 0 Å². The summed E-state index contributed by atoms with van der Waals surface area (Å²) in [6.07, 6.45) is 6.45. The number of likely N-dealkylation sites (tertiary alicyclic amines) is 1. The fourth-order valence-electron chi connectivity index (χ4n) is 2.91. The maximum Gasteiger partial charge on any atom is 0.281 e. The molecule has 0 aromatic carbocycles. The average Bonchev–Trinajstić information content (AvgIpc) is 2.59. The molecule has 23 heavy (non-hydrogen) atoms. The van der Waals surface area contributed by atoms with Gasteiger partial charge in [-0.15, -0.1) is 0 Å². The number of hydrogen-bond donors (Lipinski definition) is 0. The van der Waals surface area contributed by atoms with Crippen LogP contribution in [0, 0.1) is 0 Å². The Kier molecular flexibility index (Phi) is 6.52. The van der Waals surface area contributed by atoms with Crippen LogP contribution in [-0.2, 0) is 16.6 Å². The van der Waals surface area contributed by atoms with Gasteiger partial charge in [-0.3, -0.25) is 4.98 Å². The standard InChI is InChI=1S/C16H28N4O2S/c1-4-18(2)23(21,22)19(3)16-8-13-20(14-9-16)12-7-15-5-10-17-11-6-15/h5-6,10-11,16H,4,7-9,12-14H2,1-3H3. The summed E-state index contributed by atoms with van der Waals surface area (Å²) >= 11 is 0. The highest BCUT2D eigenvalue weighted by atomic mass is 32.2. The highest BCUT2D eigenvalue weighted by Crippen LogP contribution is 2.19. The minimum absolute atomic E-state index is 0.103. The van der Waals surface area contributed by atoms with E-state index < -0.39 is 10.2 Å². The van der Waals surface area contributed by atoms with Crippen molar-refractivity contribution in [2.75, 3.05) is 40.3 Å². The molecule has 1 saturated heterocycles. The second-order valence-corrected chi connectivity index (χ2v) is 8.21. The largest absolute Gasteiger partial charge is 0.303 e. The number of pyridine rings is 1. The normalized spacial score (nSPS) is 18.0. The van der Waals surface area contributed by atoms with Gasteiger partial charge < -0.3 is 4.90 Å². The van der Waals surface area contributed by atoms with Gasteiger partial charge in [0.25, 0.3) is 10.2 Å². The average molecular weight is 340 g/mol. The summed E-state index contributed by atoms with van der Waals surface area (Å²) in [4.78, 5) is 6.45. The molecular weight excluding hydrogens is 312 g/mol. The third kappa shape index (κ3) is 4.73. The zero-order chi connectivity index (χ0) is 16.9. The second kappa shape index (κ2) is 8.19. The summed E-state index contributed by atoms with van der Waals surface area (Å²) in [6.45, 7) is 5.27. The van der Waals surface area contributed by atoms with E-state index >= 15 is 0 Å². The number of piperidine rings is 1. The van der Waals surface area contributed by atoms with Gasteiger partial charge in [-0.05, 0) is 50.0 Å². The summed E-state index contributed by atoms with van der Waals surface area (Å²) in [5.74, 6) is 0. The first-order chi connectivity index (χ1) is 10.9. The van der Waals surface area contributed by atoms with E-state index in [1.54, 1.807) is 18.4 Å². The Hall–Kier alpha value is -1.02. The van der Waals surface area contributed by atoms with E-state index in [2.05, 4.69) is 9.88 Å². The summed E-state index contributed by atoms with van der Waals surface area (Å²) in [7, 11) is 0.0215. The van der Waals surface area contributed by atoms with Crippen LogP contribution in [0.1, 0.15) is 25.3 Å². The van der Waals surface area contributed by atoms with E-state index in [0.29, 0.717) is 6.54 Å². The lowest BCUT2D eigenvalue weighted by atomic mass is 10.0. The summed E-state index contributed by atoms with van der Waals surface area (Å²) in [5.41, 5.74) is 1.30. The van der Waals surface area contributed by atoms with E-state index in [0.717, 1.165) is 38.9 Å². The molecule has 0 atom stereocenters. The Morgan fingerprint density at radius 3 is 2.39 bits per heavy atom. The quantitative estimate of drug-likeness (QED) is 0.749. The van der Waals surface area contributed by atoms with E-state index in [9.17, 15) is 8.42 Å². The van der Waals surface area contributed by atoms with Crippen LogP contribution in [0.25, 0.3) is 0 Å². The Bertz CT molecular complexity index is 571. The molecule has 1 fully saturated rings. The predicted molar refractivity (Wildman–Crippen MR) is 92.4 cm³/mol. The van der Waals surface area contributed by atoms with Crippen LogP contribution in [0.2, 0.25) is 0 Å². The fraction of sp³-hybridized carbons (Fsp3) is 0.688. The Morgan fingerprint density at radius 1 is 1.22 bits per heavy atom. The summed E-state index contributed by atoms with van der Waals surface area (Å²) in [5, 5.41) is 0. The van der Waals surface area contributed by atoms with Crippen molar-refractivity contribution in [1.82, 2.24) is 18.5 Å². The molecule has 7 heteroatoms. The van der Waals surface area contributed by atoms with Crippen molar-refractivity contribution in [2.45, 2.75) is 32.2 Å². The highest BCUT2D eigenvalue weighted by molar-refractivity contribution is 7.86. The molecule has 0 N–H and O–H groups in total. The molecule has 0 aliphatic carbocycles. The van der Waals surface area contributed by atoms with Crippen LogP contribution in [0.4, 0.5) is 0 Å². The van der Waals surface area contributed by atoms with Gasteiger partial charge in [0.1, 0.15) is 0 Å². The smallest absolute Gasteiger partial charge is 0.281 e. The molecule has 1 aromatic rings. The molecule has 130 valence electrons. The van der Waals surface area contributed by atoms with E-state index in [1.807, 2.05) is 31.5 Å². The van der Waals surface area contributed by atoms with E-state index in [-0.39, 0.29) is 6.04 Å². The van der Waals surface area contributed by atoms with Gasteiger partial charge in [-0.2, -0.15) is 17.0 Å². The van der Waals surface area contributed by atoms with Gasteiger partial charge in [-0.1, -0.05) is 6.92 Å². The number of nitrogens with zero attached hydrogens (tertiary/aromatic N) is 4. The molecule has 0 radical (unpaired) electrons. The zero-order valence-electron chi connectivity index (χ0n) is 14.4. The van der Waals surface area contributed by atoms with Crippen molar-refractivity contribution < 1.29 is 8.42 Å². The first-order valence-corrected chi connectivity index (χ1v) is 9.65.